The number of amides is 1. The number of hydrogen-bond acceptors (Lipinski definition) is 3. The highest BCUT2D eigenvalue weighted by atomic mass is 35.5. The molecule has 0 fully saturated rings. The summed E-state index contributed by atoms with van der Waals surface area (Å²) in [5, 5.41) is 3.47. The van der Waals surface area contributed by atoms with Crippen LogP contribution in [0.15, 0.2) is 48.8 Å². The highest BCUT2D eigenvalue weighted by Crippen LogP contribution is 2.15. The standard InChI is InChI=1S/C16H17ClN2O2/c17-14-5-7-15(8-6-14)21-12-16(20)19-10-2-4-13-3-1-9-18-11-13/h1,3,5-9,11H,2,4,10,12H2,(H,19,20). The number of aromatic nitrogens is 1. The number of nitrogens with one attached hydrogen (secondary N) is 1. The topological polar surface area (TPSA) is 51.2 Å². The number of carbonyl (C=O) groups is 1. The monoisotopic (exact) mass is 304 g/mol. The van der Waals surface area contributed by atoms with Crippen LogP contribution in [0.4, 0.5) is 0 Å². The summed E-state index contributed by atoms with van der Waals surface area (Å²) in [5.41, 5.74) is 1.17. The molecule has 0 unspecified atom stereocenters. The lowest BCUT2D eigenvalue weighted by Crippen LogP contribution is -2.29. The van der Waals surface area contributed by atoms with Gasteiger partial charge in [0.25, 0.3) is 5.91 Å². The number of benzene rings is 1. The first-order chi connectivity index (χ1) is 10.2. The summed E-state index contributed by atoms with van der Waals surface area (Å²) in [6, 6.07) is 10.9. The maximum absolute atomic E-state index is 11.6. The van der Waals surface area contributed by atoms with Gasteiger partial charge in [0.2, 0.25) is 0 Å². The zero-order chi connectivity index (χ0) is 14.9. The highest BCUT2D eigenvalue weighted by molar-refractivity contribution is 6.30. The molecule has 2 rings (SSSR count). The number of halogens is 1. The normalized spacial score (nSPS) is 10.1. The second kappa shape index (κ2) is 8.27. The fourth-order valence-electron chi connectivity index (χ4n) is 1.80. The van der Waals surface area contributed by atoms with Crippen molar-refractivity contribution in [1.29, 1.82) is 0 Å². The molecule has 2 aromatic rings. The van der Waals surface area contributed by atoms with Crippen molar-refractivity contribution in [1.82, 2.24) is 10.3 Å². The molecule has 1 heterocycles. The molecule has 0 spiro atoms. The van der Waals surface area contributed by atoms with E-state index in [2.05, 4.69) is 10.3 Å². The first-order valence-corrected chi connectivity index (χ1v) is 7.16. The van der Waals surface area contributed by atoms with Gasteiger partial charge in [-0.05, 0) is 48.7 Å². The molecule has 0 saturated carbocycles. The molecule has 4 nitrogen and oxygen atoms in total. The average Bonchev–Trinajstić information content (AvgIpc) is 2.52. The molecule has 0 radical (unpaired) electrons. The molecular weight excluding hydrogens is 288 g/mol. The van der Waals surface area contributed by atoms with Gasteiger partial charge in [-0.25, -0.2) is 0 Å². The Labute approximate surface area is 129 Å². The molecule has 5 heteroatoms. The lowest BCUT2D eigenvalue weighted by atomic mass is 10.1. The maximum Gasteiger partial charge on any atom is 0.257 e. The fraction of sp³-hybridized carbons (Fsp3) is 0.250. The Morgan fingerprint density at radius 2 is 2.05 bits per heavy atom. The number of pyridine rings is 1. The molecule has 1 amide bonds. The molecule has 1 aromatic heterocycles. The summed E-state index contributed by atoms with van der Waals surface area (Å²) < 4.78 is 5.36. The summed E-state index contributed by atoms with van der Waals surface area (Å²) >= 11 is 5.77. The van der Waals surface area contributed by atoms with Gasteiger partial charge in [0.1, 0.15) is 5.75 Å². The van der Waals surface area contributed by atoms with Crippen molar-refractivity contribution in [3.8, 4) is 5.75 Å². The lowest BCUT2D eigenvalue weighted by Gasteiger charge is -2.07. The van der Waals surface area contributed by atoms with Crippen LogP contribution in [0.1, 0.15) is 12.0 Å². The van der Waals surface area contributed by atoms with Crippen LogP contribution < -0.4 is 10.1 Å². The molecule has 21 heavy (non-hydrogen) atoms. The van der Waals surface area contributed by atoms with Crippen LogP contribution in [-0.2, 0) is 11.2 Å². The van der Waals surface area contributed by atoms with Gasteiger partial charge >= 0.3 is 0 Å². The molecule has 110 valence electrons. The Morgan fingerprint density at radius 1 is 1.24 bits per heavy atom. The van der Waals surface area contributed by atoms with Gasteiger partial charge in [0.05, 0.1) is 0 Å². The van der Waals surface area contributed by atoms with E-state index in [9.17, 15) is 4.79 Å². The highest BCUT2D eigenvalue weighted by Gasteiger charge is 2.02. The number of aryl methyl sites for hydroxylation is 1. The van der Waals surface area contributed by atoms with Crippen molar-refractivity contribution in [3.05, 3.63) is 59.4 Å². The summed E-state index contributed by atoms with van der Waals surface area (Å²) in [5.74, 6) is 0.501. The van der Waals surface area contributed by atoms with E-state index in [1.807, 2.05) is 18.3 Å². The SMILES string of the molecule is O=C(COc1ccc(Cl)cc1)NCCCc1cccnc1. The number of rotatable bonds is 7. The maximum atomic E-state index is 11.6. The lowest BCUT2D eigenvalue weighted by molar-refractivity contribution is -0.123. The van der Waals surface area contributed by atoms with Crippen molar-refractivity contribution < 1.29 is 9.53 Å². The average molecular weight is 305 g/mol. The fourth-order valence-corrected chi connectivity index (χ4v) is 1.92. The van der Waals surface area contributed by atoms with Gasteiger partial charge in [0, 0.05) is 24.0 Å². The van der Waals surface area contributed by atoms with E-state index in [0.717, 1.165) is 12.8 Å². The van der Waals surface area contributed by atoms with Gasteiger partial charge < -0.3 is 10.1 Å². The van der Waals surface area contributed by atoms with Crippen LogP contribution in [-0.4, -0.2) is 24.0 Å². The van der Waals surface area contributed by atoms with Crippen molar-refractivity contribution in [2.24, 2.45) is 0 Å². The number of carbonyl (C=O) groups excluding carboxylic acids is 1. The molecule has 1 N–H and O–H groups in total. The minimum Gasteiger partial charge on any atom is -0.484 e. The van der Waals surface area contributed by atoms with Gasteiger partial charge in [-0.3, -0.25) is 9.78 Å². The molecule has 0 bridgehead atoms. The smallest absolute Gasteiger partial charge is 0.257 e. The van der Waals surface area contributed by atoms with Crippen LogP contribution in [0.3, 0.4) is 0 Å². The van der Waals surface area contributed by atoms with Gasteiger partial charge in [-0.2, -0.15) is 0 Å². The third-order valence-electron chi connectivity index (χ3n) is 2.87. The molecule has 0 saturated heterocycles. The van der Waals surface area contributed by atoms with E-state index in [-0.39, 0.29) is 12.5 Å². The van der Waals surface area contributed by atoms with E-state index in [0.29, 0.717) is 17.3 Å². The third-order valence-corrected chi connectivity index (χ3v) is 3.12. The molecular formula is C16H17ClN2O2. The van der Waals surface area contributed by atoms with Gasteiger partial charge in [-0.15, -0.1) is 0 Å². The van der Waals surface area contributed by atoms with E-state index in [4.69, 9.17) is 16.3 Å². The Hall–Kier alpha value is -2.07. The van der Waals surface area contributed by atoms with E-state index in [1.54, 1.807) is 30.5 Å². The Morgan fingerprint density at radius 3 is 2.76 bits per heavy atom. The second-order valence-corrected chi connectivity index (χ2v) is 4.99. The van der Waals surface area contributed by atoms with Crippen LogP contribution in [0.25, 0.3) is 0 Å². The largest absolute Gasteiger partial charge is 0.484 e. The van der Waals surface area contributed by atoms with Gasteiger partial charge in [-0.1, -0.05) is 17.7 Å². The zero-order valence-electron chi connectivity index (χ0n) is 11.6. The number of ether oxygens (including phenoxy) is 1. The van der Waals surface area contributed by atoms with Crippen molar-refractivity contribution in [3.63, 3.8) is 0 Å². The van der Waals surface area contributed by atoms with Crippen molar-refractivity contribution in [2.45, 2.75) is 12.8 Å². The Balaban J connectivity index is 1.60. The number of nitrogens with zero attached hydrogens (tertiary/aromatic N) is 1. The predicted molar refractivity (Wildman–Crippen MR) is 82.5 cm³/mol. The minimum absolute atomic E-state index is 0.00846. The second-order valence-electron chi connectivity index (χ2n) is 4.56. The van der Waals surface area contributed by atoms with E-state index < -0.39 is 0 Å². The van der Waals surface area contributed by atoms with E-state index in [1.165, 1.54) is 5.56 Å². The van der Waals surface area contributed by atoms with Crippen molar-refractivity contribution in [2.75, 3.05) is 13.2 Å². The Bertz CT molecular complexity index is 558. The van der Waals surface area contributed by atoms with Crippen molar-refractivity contribution >= 4 is 17.5 Å². The molecule has 0 aliphatic heterocycles. The third kappa shape index (κ3) is 5.83. The first-order valence-electron chi connectivity index (χ1n) is 6.78. The van der Waals surface area contributed by atoms with E-state index >= 15 is 0 Å². The number of hydrogen-bond donors (Lipinski definition) is 1. The Kier molecular flexibility index (Phi) is 6.03. The van der Waals surface area contributed by atoms with Crippen LogP contribution in [0.5, 0.6) is 5.75 Å². The molecule has 1 aromatic carbocycles. The summed E-state index contributed by atoms with van der Waals surface area (Å²) in [6.07, 6.45) is 5.36. The first kappa shape index (κ1) is 15.3. The zero-order valence-corrected chi connectivity index (χ0v) is 12.3. The van der Waals surface area contributed by atoms with Crippen LogP contribution >= 0.6 is 11.6 Å². The van der Waals surface area contributed by atoms with Gasteiger partial charge in [0.15, 0.2) is 6.61 Å². The summed E-state index contributed by atoms with van der Waals surface area (Å²) in [6.45, 7) is 0.631. The van der Waals surface area contributed by atoms with Crippen LogP contribution in [0.2, 0.25) is 5.02 Å². The molecule has 0 aliphatic carbocycles. The minimum atomic E-state index is -0.129. The molecule has 0 aliphatic rings. The summed E-state index contributed by atoms with van der Waals surface area (Å²) in [4.78, 5) is 15.7. The quantitative estimate of drug-likeness (QED) is 0.800. The van der Waals surface area contributed by atoms with Crippen LogP contribution in [0, 0.1) is 0 Å². The predicted octanol–water partition coefficient (Wildman–Crippen LogP) is 2.86. The molecule has 0 atom stereocenters. The summed E-state index contributed by atoms with van der Waals surface area (Å²) in [7, 11) is 0.